The third-order valence-electron chi connectivity index (χ3n) is 5.29. The Bertz CT molecular complexity index is 256. The number of likely N-dealkylation sites (tertiary alicyclic amines) is 1. The molecule has 1 nitrogen and oxygen atoms in total. The molecule has 0 aromatic heterocycles. The van der Waals surface area contributed by atoms with Crippen LogP contribution in [0.25, 0.3) is 0 Å². The highest BCUT2D eigenvalue weighted by molar-refractivity contribution is 5.01. The molecule has 0 radical (unpaired) electrons. The van der Waals surface area contributed by atoms with Gasteiger partial charge in [-0.15, -0.1) is 0 Å². The Labute approximate surface area is 108 Å². The fourth-order valence-corrected chi connectivity index (χ4v) is 4.86. The summed E-state index contributed by atoms with van der Waals surface area (Å²) in [6, 6.07) is 1.56. The molecular formula is C16H31N. The largest absolute Gasteiger partial charge is 0.297 e. The molecule has 0 amide bonds. The highest BCUT2D eigenvalue weighted by Gasteiger charge is 2.49. The van der Waals surface area contributed by atoms with Crippen LogP contribution in [0.15, 0.2) is 0 Å². The van der Waals surface area contributed by atoms with Gasteiger partial charge in [-0.05, 0) is 56.3 Å². The third kappa shape index (κ3) is 2.28. The van der Waals surface area contributed by atoms with Crippen LogP contribution in [0, 0.1) is 29.6 Å². The van der Waals surface area contributed by atoms with Crippen LogP contribution in [-0.2, 0) is 0 Å². The molecule has 1 aliphatic heterocycles. The van der Waals surface area contributed by atoms with E-state index < -0.39 is 0 Å². The lowest BCUT2D eigenvalue weighted by Gasteiger charge is -2.50. The summed E-state index contributed by atoms with van der Waals surface area (Å²) < 4.78 is 0. The van der Waals surface area contributed by atoms with E-state index in [4.69, 9.17) is 0 Å². The lowest BCUT2D eigenvalue weighted by molar-refractivity contribution is -0.0169. The zero-order valence-corrected chi connectivity index (χ0v) is 12.6. The second kappa shape index (κ2) is 4.91. The Kier molecular flexibility index (Phi) is 3.87. The molecule has 1 heteroatoms. The molecule has 2 bridgehead atoms. The van der Waals surface area contributed by atoms with Crippen molar-refractivity contribution in [3.8, 4) is 0 Å². The maximum Gasteiger partial charge on any atom is 0.0152 e. The second-order valence-electron chi connectivity index (χ2n) is 7.35. The summed E-state index contributed by atoms with van der Waals surface area (Å²) in [4.78, 5) is 2.81. The molecule has 1 aliphatic carbocycles. The van der Waals surface area contributed by atoms with Gasteiger partial charge in [0.15, 0.2) is 0 Å². The standard InChI is InChI=1S/C16H31N/c1-10(2)15-13-7-8-14(15)16(11(3)4)17(9-13)12(5)6/h10-16H,7-9H2,1-6H3. The summed E-state index contributed by atoms with van der Waals surface area (Å²) in [5, 5.41) is 0. The van der Waals surface area contributed by atoms with E-state index in [-0.39, 0.29) is 0 Å². The average molecular weight is 237 g/mol. The minimum Gasteiger partial charge on any atom is -0.297 e. The molecule has 0 aromatic carbocycles. The Hall–Kier alpha value is -0.0400. The minimum absolute atomic E-state index is 0.721. The number of hydrogen-bond donors (Lipinski definition) is 0. The predicted molar refractivity (Wildman–Crippen MR) is 75.0 cm³/mol. The summed E-state index contributed by atoms with van der Waals surface area (Å²) in [5.74, 6) is 4.64. The topological polar surface area (TPSA) is 3.24 Å². The molecule has 2 fully saturated rings. The number of nitrogens with zero attached hydrogens (tertiary/aromatic N) is 1. The van der Waals surface area contributed by atoms with Crippen LogP contribution in [0.5, 0.6) is 0 Å². The summed E-state index contributed by atoms with van der Waals surface area (Å²) in [7, 11) is 0. The summed E-state index contributed by atoms with van der Waals surface area (Å²) in [6.45, 7) is 15.9. The Morgan fingerprint density at radius 1 is 0.882 bits per heavy atom. The molecule has 1 saturated carbocycles. The average Bonchev–Trinajstić information content (AvgIpc) is 2.52. The van der Waals surface area contributed by atoms with Crippen LogP contribution in [0.3, 0.4) is 0 Å². The van der Waals surface area contributed by atoms with Crippen LogP contribution >= 0.6 is 0 Å². The van der Waals surface area contributed by atoms with Gasteiger partial charge in [0.25, 0.3) is 0 Å². The van der Waals surface area contributed by atoms with Gasteiger partial charge in [0.05, 0.1) is 0 Å². The van der Waals surface area contributed by atoms with Crippen LogP contribution in [-0.4, -0.2) is 23.5 Å². The first-order valence-corrected chi connectivity index (χ1v) is 7.69. The van der Waals surface area contributed by atoms with Gasteiger partial charge in [0, 0.05) is 18.6 Å². The molecule has 100 valence electrons. The van der Waals surface area contributed by atoms with Gasteiger partial charge in [-0.2, -0.15) is 0 Å². The summed E-state index contributed by atoms with van der Waals surface area (Å²) in [6.07, 6.45) is 2.97. The quantitative estimate of drug-likeness (QED) is 0.716. The van der Waals surface area contributed by atoms with E-state index in [1.54, 1.807) is 0 Å². The van der Waals surface area contributed by atoms with Gasteiger partial charge in [0.1, 0.15) is 0 Å². The summed E-state index contributed by atoms with van der Waals surface area (Å²) >= 11 is 0. The lowest BCUT2D eigenvalue weighted by atomic mass is 9.71. The van der Waals surface area contributed by atoms with Crippen molar-refractivity contribution in [2.75, 3.05) is 6.54 Å². The highest BCUT2D eigenvalue weighted by atomic mass is 15.2. The van der Waals surface area contributed by atoms with Crippen LogP contribution < -0.4 is 0 Å². The van der Waals surface area contributed by atoms with E-state index in [0.29, 0.717) is 0 Å². The molecule has 0 N–H and O–H groups in total. The Balaban J connectivity index is 2.24. The second-order valence-corrected chi connectivity index (χ2v) is 7.35. The molecule has 1 heterocycles. The van der Waals surface area contributed by atoms with Crippen molar-refractivity contribution in [3.05, 3.63) is 0 Å². The van der Waals surface area contributed by atoms with Gasteiger partial charge in [-0.3, -0.25) is 4.90 Å². The molecule has 4 unspecified atom stereocenters. The zero-order valence-electron chi connectivity index (χ0n) is 12.6. The normalized spacial score (nSPS) is 38.6. The van der Waals surface area contributed by atoms with Crippen molar-refractivity contribution in [3.63, 3.8) is 0 Å². The van der Waals surface area contributed by atoms with E-state index in [2.05, 4.69) is 46.4 Å². The molecular weight excluding hydrogens is 206 g/mol. The van der Waals surface area contributed by atoms with Crippen molar-refractivity contribution in [2.24, 2.45) is 29.6 Å². The van der Waals surface area contributed by atoms with Crippen LogP contribution in [0.2, 0.25) is 0 Å². The first kappa shape index (κ1) is 13.4. The van der Waals surface area contributed by atoms with Crippen molar-refractivity contribution < 1.29 is 0 Å². The van der Waals surface area contributed by atoms with Crippen molar-refractivity contribution >= 4 is 0 Å². The smallest absolute Gasteiger partial charge is 0.0152 e. The van der Waals surface area contributed by atoms with E-state index in [9.17, 15) is 0 Å². The van der Waals surface area contributed by atoms with Crippen molar-refractivity contribution in [1.82, 2.24) is 4.90 Å². The van der Waals surface area contributed by atoms with Gasteiger partial charge < -0.3 is 0 Å². The maximum absolute atomic E-state index is 2.81. The fraction of sp³-hybridized carbons (Fsp3) is 1.00. The molecule has 1 saturated heterocycles. The predicted octanol–water partition coefficient (Wildman–Crippen LogP) is 4.03. The lowest BCUT2D eigenvalue weighted by Crippen LogP contribution is -2.55. The monoisotopic (exact) mass is 237 g/mol. The SMILES string of the molecule is CC(C)C1C2CCC1C(C(C)C)N(C(C)C)C2. The van der Waals surface area contributed by atoms with Gasteiger partial charge in [-0.1, -0.05) is 27.7 Å². The molecule has 0 spiro atoms. The van der Waals surface area contributed by atoms with E-state index in [1.807, 2.05) is 0 Å². The molecule has 2 rings (SSSR count). The van der Waals surface area contributed by atoms with Crippen molar-refractivity contribution in [2.45, 2.75) is 66.5 Å². The van der Waals surface area contributed by atoms with Crippen LogP contribution in [0.1, 0.15) is 54.4 Å². The molecule has 0 aromatic rings. The summed E-state index contributed by atoms with van der Waals surface area (Å²) in [5.41, 5.74) is 0. The Morgan fingerprint density at radius 2 is 1.53 bits per heavy atom. The third-order valence-corrected chi connectivity index (χ3v) is 5.29. The number of piperidine rings is 1. The van der Waals surface area contributed by atoms with Gasteiger partial charge in [-0.25, -0.2) is 0 Å². The molecule has 2 aliphatic rings. The first-order valence-electron chi connectivity index (χ1n) is 7.69. The van der Waals surface area contributed by atoms with E-state index in [1.165, 1.54) is 19.4 Å². The maximum atomic E-state index is 2.81. The minimum atomic E-state index is 0.721. The zero-order chi connectivity index (χ0) is 12.7. The molecule has 17 heavy (non-hydrogen) atoms. The Morgan fingerprint density at radius 3 is 2.00 bits per heavy atom. The number of fused-ring (bicyclic) bond motifs is 2. The van der Waals surface area contributed by atoms with Crippen LogP contribution in [0.4, 0.5) is 0 Å². The van der Waals surface area contributed by atoms with E-state index in [0.717, 1.165) is 41.7 Å². The number of hydrogen-bond acceptors (Lipinski definition) is 1. The van der Waals surface area contributed by atoms with Gasteiger partial charge >= 0.3 is 0 Å². The molecule has 4 atom stereocenters. The highest BCUT2D eigenvalue weighted by Crippen LogP contribution is 2.50. The van der Waals surface area contributed by atoms with Crippen molar-refractivity contribution in [1.29, 1.82) is 0 Å². The first-order chi connectivity index (χ1) is 7.93. The fourth-order valence-electron chi connectivity index (χ4n) is 4.86. The van der Waals surface area contributed by atoms with Gasteiger partial charge in [0.2, 0.25) is 0 Å². The van der Waals surface area contributed by atoms with E-state index >= 15 is 0 Å². The number of rotatable bonds is 3.